The molecule has 0 unspecified atom stereocenters. The van der Waals surface area contributed by atoms with Crippen LogP contribution >= 0.6 is 0 Å². The van der Waals surface area contributed by atoms with Crippen LogP contribution in [0.5, 0.6) is 11.5 Å². The van der Waals surface area contributed by atoms with E-state index in [4.69, 9.17) is 13.6 Å². The van der Waals surface area contributed by atoms with Gasteiger partial charge in [-0.15, -0.1) is 0 Å². The van der Waals surface area contributed by atoms with Crippen molar-refractivity contribution in [2.75, 3.05) is 27.2 Å². The number of piperidine rings is 1. The van der Waals surface area contributed by atoms with Gasteiger partial charge in [0.25, 0.3) is 0 Å². The van der Waals surface area contributed by atoms with Crippen LogP contribution in [0.3, 0.4) is 0 Å². The van der Waals surface area contributed by atoms with Gasteiger partial charge in [-0.2, -0.15) is 0 Å². The standard InChI is InChI=1S/C19H29NO3/c1-12(2)7-14-11-20-6-5-13-8-18(22-3)19(23-4)9-15(13)16(20)10-17(14)21/h8-9,12,14,16-17,21H,5-7,10-11H2,1-4H3/t14-,16-,17-/m0/s1/i3D3. The second-order valence-corrected chi connectivity index (χ2v) is 7.26. The van der Waals surface area contributed by atoms with Crippen LogP contribution in [-0.4, -0.2) is 43.3 Å². The van der Waals surface area contributed by atoms with Crippen molar-refractivity contribution in [3.8, 4) is 11.5 Å². The van der Waals surface area contributed by atoms with Gasteiger partial charge in [-0.1, -0.05) is 13.8 Å². The molecule has 0 spiro atoms. The zero-order valence-corrected chi connectivity index (χ0v) is 14.2. The molecule has 3 rings (SSSR count). The molecule has 1 saturated heterocycles. The van der Waals surface area contributed by atoms with Crippen molar-refractivity contribution >= 4 is 0 Å². The zero-order valence-electron chi connectivity index (χ0n) is 17.2. The van der Waals surface area contributed by atoms with E-state index in [0.29, 0.717) is 24.0 Å². The van der Waals surface area contributed by atoms with Crippen LogP contribution in [-0.2, 0) is 6.42 Å². The summed E-state index contributed by atoms with van der Waals surface area (Å²) in [6.07, 6.45) is 2.27. The maximum atomic E-state index is 10.7. The van der Waals surface area contributed by atoms with Gasteiger partial charge in [0.15, 0.2) is 11.5 Å². The fraction of sp³-hybridized carbons (Fsp3) is 0.684. The van der Waals surface area contributed by atoms with Gasteiger partial charge in [-0.05, 0) is 54.4 Å². The van der Waals surface area contributed by atoms with E-state index in [1.807, 2.05) is 6.07 Å². The molecule has 0 bridgehead atoms. The number of methoxy groups -OCH3 is 2. The summed E-state index contributed by atoms with van der Waals surface area (Å²) in [7, 11) is -0.990. The van der Waals surface area contributed by atoms with E-state index in [2.05, 4.69) is 18.7 Å². The first-order valence-corrected chi connectivity index (χ1v) is 8.50. The highest BCUT2D eigenvalue weighted by Gasteiger charge is 2.38. The Morgan fingerprint density at radius 2 is 2.13 bits per heavy atom. The zero-order chi connectivity index (χ0) is 19.1. The molecule has 1 fully saturated rings. The summed E-state index contributed by atoms with van der Waals surface area (Å²) in [6, 6.07) is 3.83. The number of nitrogens with zero attached hydrogens (tertiary/aromatic N) is 1. The predicted octanol–water partition coefficient (Wildman–Crippen LogP) is 3.03. The number of benzene rings is 1. The van der Waals surface area contributed by atoms with Gasteiger partial charge < -0.3 is 14.6 Å². The number of aliphatic hydroxyl groups excluding tert-OH is 1. The van der Waals surface area contributed by atoms with Crippen LogP contribution in [0.4, 0.5) is 0 Å². The SMILES string of the molecule is [2H]C([2H])([2H])Oc1cc2c(cc1OC)[C@@H]1C[C@H](O)[C@@H](CC(C)C)CN1CC2. The quantitative estimate of drug-likeness (QED) is 0.925. The van der Waals surface area contributed by atoms with Crippen LogP contribution in [0.1, 0.15) is 48.0 Å². The van der Waals surface area contributed by atoms with Crippen LogP contribution in [0.25, 0.3) is 0 Å². The Kier molecular flexibility index (Phi) is 3.81. The largest absolute Gasteiger partial charge is 0.493 e. The number of aliphatic hydroxyl groups is 1. The topological polar surface area (TPSA) is 41.9 Å². The monoisotopic (exact) mass is 322 g/mol. The molecule has 4 heteroatoms. The fourth-order valence-corrected chi connectivity index (χ4v) is 4.18. The Morgan fingerprint density at radius 3 is 2.83 bits per heavy atom. The highest BCUT2D eigenvalue weighted by Crippen LogP contribution is 2.43. The van der Waals surface area contributed by atoms with Crippen LogP contribution in [0.2, 0.25) is 0 Å². The average molecular weight is 322 g/mol. The molecular weight excluding hydrogens is 290 g/mol. The molecule has 2 aliphatic heterocycles. The fourth-order valence-electron chi connectivity index (χ4n) is 4.18. The molecule has 3 atom stereocenters. The Labute approximate surface area is 143 Å². The van der Waals surface area contributed by atoms with Crippen molar-refractivity contribution in [3.05, 3.63) is 23.3 Å². The third-order valence-corrected chi connectivity index (χ3v) is 5.26. The van der Waals surface area contributed by atoms with E-state index < -0.39 is 7.04 Å². The highest BCUT2D eigenvalue weighted by atomic mass is 16.5. The molecule has 23 heavy (non-hydrogen) atoms. The maximum absolute atomic E-state index is 10.7. The summed E-state index contributed by atoms with van der Waals surface area (Å²) >= 11 is 0. The third kappa shape index (κ3) is 3.20. The second-order valence-electron chi connectivity index (χ2n) is 7.26. The van der Waals surface area contributed by atoms with E-state index >= 15 is 0 Å². The molecule has 128 valence electrons. The number of hydrogen-bond acceptors (Lipinski definition) is 4. The summed E-state index contributed by atoms with van der Waals surface area (Å²) in [5, 5.41) is 10.7. The van der Waals surface area contributed by atoms with E-state index in [1.165, 1.54) is 7.11 Å². The summed E-state index contributed by atoms with van der Waals surface area (Å²) < 4.78 is 32.5. The highest BCUT2D eigenvalue weighted by molar-refractivity contribution is 5.49. The number of hydrogen-bond donors (Lipinski definition) is 1. The molecule has 2 aliphatic rings. The average Bonchev–Trinajstić information content (AvgIpc) is 2.53. The molecule has 0 aliphatic carbocycles. The van der Waals surface area contributed by atoms with Crippen molar-refractivity contribution in [2.45, 2.75) is 45.3 Å². The van der Waals surface area contributed by atoms with Crippen LogP contribution in [0, 0.1) is 11.8 Å². The van der Waals surface area contributed by atoms with E-state index in [1.54, 1.807) is 6.07 Å². The van der Waals surface area contributed by atoms with Crippen molar-refractivity contribution in [3.63, 3.8) is 0 Å². The van der Waals surface area contributed by atoms with Gasteiger partial charge in [0, 0.05) is 19.1 Å². The van der Waals surface area contributed by atoms with Gasteiger partial charge in [-0.3, -0.25) is 4.90 Å². The van der Waals surface area contributed by atoms with Gasteiger partial charge in [0.05, 0.1) is 24.4 Å². The molecular formula is C19H29NO3. The smallest absolute Gasteiger partial charge is 0.161 e. The lowest BCUT2D eigenvalue weighted by Gasteiger charge is -2.46. The summed E-state index contributed by atoms with van der Waals surface area (Å²) in [5.41, 5.74) is 2.20. The lowest BCUT2D eigenvalue weighted by molar-refractivity contribution is -0.0191. The first-order valence-electron chi connectivity index (χ1n) is 10.00. The van der Waals surface area contributed by atoms with Gasteiger partial charge in [0.2, 0.25) is 0 Å². The molecule has 0 saturated carbocycles. The molecule has 1 aromatic carbocycles. The Morgan fingerprint density at radius 1 is 1.35 bits per heavy atom. The summed E-state index contributed by atoms with van der Waals surface area (Å²) in [5.74, 6) is 1.57. The molecule has 0 amide bonds. The minimum atomic E-state index is -2.51. The summed E-state index contributed by atoms with van der Waals surface area (Å²) in [4.78, 5) is 2.45. The van der Waals surface area contributed by atoms with Crippen molar-refractivity contribution < 1.29 is 18.7 Å². The lowest BCUT2D eigenvalue weighted by Crippen LogP contribution is -2.48. The van der Waals surface area contributed by atoms with Crippen LogP contribution in [0.15, 0.2) is 12.1 Å². The normalized spacial score (nSPS) is 30.0. The molecule has 1 aromatic rings. The van der Waals surface area contributed by atoms with E-state index in [0.717, 1.165) is 37.1 Å². The number of fused-ring (bicyclic) bond motifs is 3. The number of ether oxygens (including phenoxy) is 2. The molecule has 4 nitrogen and oxygen atoms in total. The van der Waals surface area contributed by atoms with Crippen molar-refractivity contribution in [1.82, 2.24) is 4.90 Å². The molecule has 0 aromatic heterocycles. The summed E-state index contributed by atoms with van der Waals surface area (Å²) in [6.45, 7) is 6.21. The minimum absolute atomic E-state index is 0.146. The first kappa shape index (κ1) is 13.1. The minimum Gasteiger partial charge on any atom is -0.493 e. The van der Waals surface area contributed by atoms with Gasteiger partial charge in [-0.25, -0.2) is 0 Å². The van der Waals surface area contributed by atoms with Crippen LogP contribution < -0.4 is 9.47 Å². The predicted molar refractivity (Wildman–Crippen MR) is 91.1 cm³/mol. The van der Waals surface area contributed by atoms with Crippen molar-refractivity contribution in [1.29, 1.82) is 0 Å². The third-order valence-electron chi connectivity index (χ3n) is 5.26. The Balaban J connectivity index is 1.87. The molecule has 0 radical (unpaired) electrons. The molecule has 1 N–H and O–H groups in total. The Hall–Kier alpha value is -1.26. The van der Waals surface area contributed by atoms with Gasteiger partial charge in [0.1, 0.15) is 0 Å². The van der Waals surface area contributed by atoms with Crippen molar-refractivity contribution in [2.24, 2.45) is 11.8 Å². The van der Waals surface area contributed by atoms with E-state index in [-0.39, 0.29) is 17.9 Å². The first-order chi connectivity index (χ1) is 12.2. The lowest BCUT2D eigenvalue weighted by atomic mass is 9.79. The van der Waals surface area contributed by atoms with E-state index in [9.17, 15) is 5.11 Å². The maximum Gasteiger partial charge on any atom is 0.161 e. The number of rotatable bonds is 4. The Bertz CT molecular complexity index is 648. The molecule has 2 heterocycles. The second kappa shape index (κ2) is 6.70. The van der Waals surface area contributed by atoms with Gasteiger partial charge >= 0.3 is 0 Å².